The monoisotopic (exact) mass is 358 g/mol. The van der Waals surface area contributed by atoms with Crippen LogP contribution in [0.25, 0.3) is 0 Å². The van der Waals surface area contributed by atoms with E-state index in [1.54, 1.807) is 17.0 Å². The lowest BCUT2D eigenvalue weighted by atomic mass is 10.2. The van der Waals surface area contributed by atoms with Gasteiger partial charge in [-0.1, -0.05) is 6.07 Å². The maximum absolute atomic E-state index is 13.2. The van der Waals surface area contributed by atoms with E-state index in [0.717, 1.165) is 10.9 Å². The molecule has 0 amide bonds. The highest BCUT2D eigenvalue weighted by Gasteiger charge is 2.39. The zero-order valence-electron chi connectivity index (χ0n) is 12.9. The van der Waals surface area contributed by atoms with Crippen LogP contribution in [0.1, 0.15) is 28.0 Å². The number of nitrogens with zero attached hydrogens (tertiary/aromatic N) is 4. The molecule has 1 N–H and O–H groups in total. The van der Waals surface area contributed by atoms with Crippen LogP contribution in [-0.2, 0) is 12.7 Å². The Morgan fingerprint density at radius 2 is 2.12 bits per heavy atom. The number of carbonyl (C=O) groups is 1. The SMILES string of the molecule is O=C(O)c1cn(Cc2ccc(N3CC[C@@H](F)C3)nc2)nc1C(F)(F)F. The average molecular weight is 358 g/mol. The van der Waals surface area contributed by atoms with Crippen molar-refractivity contribution in [1.29, 1.82) is 0 Å². The van der Waals surface area contributed by atoms with Crippen LogP contribution in [0, 0.1) is 0 Å². The number of hydrogen-bond donors (Lipinski definition) is 1. The maximum atomic E-state index is 13.2. The fourth-order valence-electron chi connectivity index (χ4n) is 2.68. The molecule has 25 heavy (non-hydrogen) atoms. The Labute approximate surface area is 139 Å². The van der Waals surface area contributed by atoms with Crippen molar-refractivity contribution in [3.05, 3.63) is 41.3 Å². The number of halogens is 4. The lowest BCUT2D eigenvalue weighted by Crippen LogP contribution is -2.21. The largest absolute Gasteiger partial charge is 0.478 e. The Bertz CT molecular complexity index is 773. The summed E-state index contributed by atoms with van der Waals surface area (Å²) in [5.41, 5.74) is -1.79. The summed E-state index contributed by atoms with van der Waals surface area (Å²) in [6, 6.07) is 3.29. The van der Waals surface area contributed by atoms with E-state index in [1.807, 2.05) is 0 Å². The predicted octanol–water partition coefficient (Wildman–Crippen LogP) is 2.59. The minimum Gasteiger partial charge on any atom is -0.478 e. The molecule has 1 aliphatic heterocycles. The summed E-state index contributed by atoms with van der Waals surface area (Å²) in [4.78, 5) is 16.9. The van der Waals surface area contributed by atoms with Gasteiger partial charge < -0.3 is 10.0 Å². The van der Waals surface area contributed by atoms with E-state index < -0.39 is 29.6 Å². The third-order valence-corrected chi connectivity index (χ3v) is 3.87. The van der Waals surface area contributed by atoms with Gasteiger partial charge in [0.25, 0.3) is 0 Å². The molecule has 6 nitrogen and oxygen atoms in total. The van der Waals surface area contributed by atoms with E-state index in [1.165, 1.54) is 6.20 Å². The number of pyridine rings is 1. The molecule has 134 valence electrons. The minimum atomic E-state index is -4.85. The van der Waals surface area contributed by atoms with Gasteiger partial charge in [-0.25, -0.2) is 14.2 Å². The second kappa shape index (κ2) is 6.34. The van der Waals surface area contributed by atoms with Crippen LogP contribution in [0.2, 0.25) is 0 Å². The van der Waals surface area contributed by atoms with E-state index >= 15 is 0 Å². The lowest BCUT2D eigenvalue weighted by Gasteiger charge is -2.16. The van der Waals surface area contributed by atoms with Gasteiger partial charge in [0.2, 0.25) is 0 Å². The maximum Gasteiger partial charge on any atom is 0.436 e. The average Bonchev–Trinajstić information content (AvgIpc) is 3.14. The number of aromatic carboxylic acids is 1. The topological polar surface area (TPSA) is 71.2 Å². The first-order valence-corrected chi connectivity index (χ1v) is 7.46. The van der Waals surface area contributed by atoms with Crippen molar-refractivity contribution in [2.45, 2.75) is 25.3 Å². The van der Waals surface area contributed by atoms with Crippen LogP contribution >= 0.6 is 0 Å². The second-order valence-corrected chi connectivity index (χ2v) is 5.75. The molecule has 2 aromatic rings. The molecular weight excluding hydrogens is 344 g/mol. The zero-order valence-corrected chi connectivity index (χ0v) is 12.9. The number of hydrogen-bond acceptors (Lipinski definition) is 4. The second-order valence-electron chi connectivity index (χ2n) is 5.75. The molecule has 0 bridgehead atoms. The Morgan fingerprint density at radius 1 is 1.36 bits per heavy atom. The Morgan fingerprint density at radius 3 is 2.60 bits per heavy atom. The van der Waals surface area contributed by atoms with Crippen molar-refractivity contribution in [1.82, 2.24) is 14.8 Å². The van der Waals surface area contributed by atoms with Gasteiger partial charge in [-0.2, -0.15) is 18.3 Å². The zero-order chi connectivity index (χ0) is 18.2. The van der Waals surface area contributed by atoms with Crippen LogP contribution in [0.3, 0.4) is 0 Å². The number of anilines is 1. The van der Waals surface area contributed by atoms with Crippen molar-refractivity contribution in [2.75, 3.05) is 18.0 Å². The number of carboxylic acid groups (broad SMARTS) is 1. The predicted molar refractivity (Wildman–Crippen MR) is 79.3 cm³/mol. The van der Waals surface area contributed by atoms with E-state index in [0.29, 0.717) is 24.3 Å². The first kappa shape index (κ1) is 17.2. The van der Waals surface area contributed by atoms with E-state index in [-0.39, 0.29) is 13.1 Å². The molecule has 1 saturated heterocycles. The van der Waals surface area contributed by atoms with Gasteiger partial charge in [0.1, 0.15) is 17.6 Å². The summed E-state index contributed by atoms with van der Waals surface area (Å²) in [5, 5.41) is 12.2. The molecule has 2 aromatic heterocycles. The fraction of sp³-hybridized carbons (Fsp3) is 0.400. The van der Waals surface area contributed by atoms with Crippen LogP contribution in [0.4, 0.5) is 23.4 Å². The summed E-state index contributed by atoms with van der Waals surface area (Å²) < 4.78 is 52.6. The standard InChI is InChI=1S/C15H14F4N4O2/c16-10-3-4-22(7-10)12-2-1-9(5-20-12)6-23-8-11(14(24)25)13(21-23)15(17,18)19/h1-2,5,8,10H,3-4,6-7H2,(H,24,25)/t10-/m1/s1. The van der Waals surface area contributed by atoms with Gasteiger partial charge in [-0.15, -0.1) is 0 Å². The highest BCUT2D eigenvalue weighted by Crippen LogP contribution is 2.31. The van der Waals surface area contributed by atoms with Crippen LogP contribution < -0.4 is 4.90 Å². The molecule has 1 fully saturated rings. The van der Waals surface area contributed by atoms with Gasteiger partial charge in [0, 0.05) is 18.9 Å². The molecule has 0 spiro atoms. The van der Waals surface area contributed by atoms with E-state index in [4.69, 9.17) is 5.11 Å². The molecule has 0 unspecified atom stereocenters. The normalized spacial score (nSPS) is 17.9. The molecule has 1 atom stereocenters. The summed E-state index contributed by atoms with van der Waals surface area (Å²) in [5.74, 6) is -1.10. The Balaban J connectivity index is 1.77. The fourth-order valence-corrected chi connectivity index (χ4v) is 2.68. The lowest BCUT2D eigenvalue weighted by molar-refractivity contribution is -0.142. The quantitative estimate of drug-likeness (QED) is 0.851. The molecule has 3 heterocycles. The number of aromatic nitrogens is 3. The third-order valence-electron chi connectivity index (χ3n) is 3.87. The van der Waals surface area contributed by atoms with Crippen LogP contribution in [0.5, 0.6) is 0 Å². The smallest absolute Gasteiger partial charge is 0.436 e. The van der Waals surface area contributed by atoms with Gasteiger partial charge in [-0.05, 0) is 18.1 Å². The van der Waals surface area contributed by atoms with Crippen molar-refractivity contribution in [3.8, 4) is 0 Å². The molecule has 10 heteroatoms. The number of carboxylic acids is 1. The van der Waals surface area contributed by atoms with E-state index in [9.17, 15) is 22.4 Å². The molecule has 0 aliphatic carbocycles. The molecule has 0 saturated carbocycles. The summed E-state index contributed by atoms with van der Waals surface area (Å²) >= 11 is 0. The summed E-state index contributed by atoms with van der Waals surface area (Å²) in [7, 11) is 0. The highest BCUT2D eigenvalue weighted by molar-refractivity contribution is 5.88. The van der Waals surface area contributed by atoms with Crippen molar-refractivity contribution in [2.24, 2.45) is 0 Å². The number of alkyl halides is 4. The Kier molecular flexibility index (Phi) is 4.36. The van der Waals surface area contributed by atoms with E-state index in [2.05, 4.69) is 10.1 Å². The van der Waals surface area contributed by atoms with Gasteiger partial charge in [0.15, 0.2) is 5.69 Å². The minimum absolute atomic E-state index is 0.0601. The summed E-state index contributed by atoms with van der Waals surface area (Å²) in [6.07, 6.45) is -3.00. The van der Waals surface area contributed by atoms with Crippen LogP contribution in [0.15, 0.2) is 24.5 Å². The third kappa shape index (κ3) is 3.72. The van der Waals surface area contributed by atoms with Gasteiger partial charge in [0.05, 0.1) is 13.1 Å². The summed E-state index contributed by atoms with van der Waals surface area (Å²) in [6.45, 7) is 0.765. The molecule has 0 aromatic carbocycles. The first-order valence-electron chi connectivity index (χ1n) is 7.46. The van der Waals surface area contributed by atoms with Crippen molar-refractivity contribution in [3.63, 3.8) is 0 Å². The number of rotatable bonds is 4. The first-order chi connectivity index (χ1) is 11.7. The molecule has 0 radical (unpaired) electrons. The Hall–Kier alpha value is -2.65. The van der Waals surface area contributed by atoms with Crippen molar-refractivity contribution < 1.29 is 27.5 Å². The highest BCUT2D eigenvalue weighted by atomic mass is 19.4. The molecule has 3 rings (SSSR count). The van der Waals surface area contributed by atoms with Gasteiger partial charge in [-0.3, -0.25) is 4.68 Å². The van der Waals surface area contributed by atoms with Gasteiger partial charge >= 0.3 is 12.1 Å². The van der Waals surface area contributed by atoms with Crippen LogP contribution in [-0.4, -0.2) is 45.1 Å². The molecular formula is C15H14F4N4O2. The molecule has 1 aliphatic rings. The van der Waals surface area contributed by atoms with Crippen molar-refractivity contribution >= 4 is 11.8 Å².